The lowest BCUT2D eigenvalue weighted by atomic mass is 10.0. The summed E-state index contributed by atoms with van der Waals surface area (Å²) in [6, 6.07) is 15.4. The Morgan fingerprint density at radius 1 is 0.914 bits per heavy atom. The number of unbranched alkanes of at least 4 members (excludes halogenated alkanes) is 9. The van der Waals surface area contributed by atoms with Crippen LogP contribution >= 0.6 is 0 Å². The molecule has 2 aromatic carbocycles. The molecular weight excluding hydrogens is 454 g/mol. The van der Waals surface area contributed by atoms with Gasteiger partial charge in [-0.15, -0.1) is 6.42 Å². The summed E-state index contributed by atoms with van der Waals surface area (Å²) < 4.78 is 32.5. The summed E-state index contributed by atoms with van der Waals surface area (Å²) in [5, 5.41) is 3.35. The molecule has 0 aliphatic heterocycles. The van der Waals surface area contributed by atoms with Crippen molar-refractivity contribution in [2.24, 2.45) is 0 Å². The van der Waals surface area contributed by atoms with E-state index in [-0.39, 0.29) is 4.90 Å². The van der Waals surface area contributed by atoms with Gasteiger partial charge in [-0.2, -0.15) is 0 Å². The first-order valence-electron chi connectivity index (χ1n) is 13.2. The van der Waals surface area contributed by atoms with E-state index in [0.717, 1.165) is 18.4 Å². The molecule has 1 aliphatic rings. The van der Waals surface area contributed by atoms with Gasteiger partial charge in [-0.05, 0) is 54.5 Å². The second-order valence-corrected chi connectivity index (χ2v) is 10.8. The van der Waals surface area contributed by atoms with Crippen molar-refractivity contribution in [2.75, 3.05) is 6.54 Å². The van der Waals surface area contributed by atoms with Crippen LogP contribution in [0.5, 0.6) is 0 Å². The molecule has 0 aromatic heterocycles. The van der Waals surface area contributed by atoms with Crippen LogP contribution in [0.4, 0.5) is 0 Å². The van der Waals surface area contributed by atoms with Gasteiger partial charge in [-0.3, -0.25) is 5.32 Å². The van der Waals surface area contributed by atoms with Gasteiger partial charge in [-0.25, -0.2) is 8.42 Å². The summed E-state index contributed by atoms with van der Waals surface area (Å²) in [7, 11) is -4.31. The summed E-state index contributed by atoms with van der Waals surface area (Å²) in [4.78, 5) is -0.140. The van der Waals surface area contributed by atoms with Crippen molar-refractivity contribution in [2.45, 2.75) is 101 Å². The maximum absolute atomic E-state index is 10.8. The zero-order valence-electron chi connectivity index (χ0n) is 21.3. The van der Waals surface area contributed by atoms with Gasteiger partial charge < -0.3 is 4.55 Å². The smallest absolute Gasteiger partial charge is 0.124 e. The molecule has 0 saturated carbocycles. The van der Waals surface area contributed by atoms with E-state index in [1.807, 2.05) is 0 Å². The molecule has 1 N–H and O–H groups in total. The minimum absolute atomic E-state index is 0.140. The van der Waals surface area contributed by atoms with E-state index in [9.17, 15) is 13.0 Å². The summed E-state index contributed by atoms with van der Waals surface area (Å²) >= 11 is 0. The van der Waals surface area contributed by atoms with E-state index < -0.39 is 10.1 Å². The number of rotatable bonds is 14. The maximum atomic E-state index is 10.8. The average Bonchev–Trinajstić information content (AvgIpc) is 3.27. The lowest BCUT2D eigenvalue weighted by Crippen LogP contribution is -2.19. The number of fused-ring (bicyclic) bond motifs is 1. The monoisotopic (exact) mass is 496 g/mol. The molecule has 35 heavy (non-hydrogen) atoms. The standard InChI is InChI=1S/C18H30O3S.C12H13N/c1-2-3-4-5-6-7-8-9-10-11-12-17-13-15-18(16-14-17)22(19,20)21;1-2-9-13-12-8-7-10-5-3-4-6-11(10)12/h13-16H,2-12H2,1H3,(H,19,20,21);1,3-6,12-13H,7-9H2/p-1/t;12-/m.1/s1. The van der Waals surface area contributed by atoms with Gasteiger partial charge in [0.15, 0.2) is 0 Å². The first kappa shape index (κ1) is 29.1. The van der Waals surface area contributed by atoms with Crippen LogP contribution in [-0.2, 0) is 23.0 Å². The van der Waals surface area contributed by atoms with Crippen LogP contribution in [0.1, 0.15) is 100 Å². The van der Waals surface area contributed by atoms with E-state index in [4.69, 9.17) is 6.42 Å². The van der Waals surface area contributed by atoms with Crippen molar-refractivity contribution in [3.05, 3.63) is 65.2 Å². The van der Waals surface area contributed by atoms with Crippen LogP contribution in [0.25, 0.3) is 0 Å². The molecule has 0 radical (unpaired) electrons. The molecular formula is C30H42NO3S-. The van der Waals surface area contributed by atoms with Crippen LogP contribution in [-0.4, -0.2) is 19.5 Å². The molecule has 1 atom stereocenters. The topological polar surface area (TPSA) is 69.2 Å². The quantitative estimate of drug-likeness (QED) is 0.174. The van der Waals surface area contributed by atoms with Crippen LogP contribution < -0.4 is 5.32 Å². The van der Waals surface area contributed by atoms with Crippen molar-refractivity contribution in [3.8, 4) is 12.3 Å². The molecule has 5 heteroatoms. The van der Waals surface area contributed by atoms with Crippen molar-refractivity contribution in [1.82, 2.24) is 5.32 Å². The molecule has 4 nitrogen and oxygen atoms in total. The Labute approximate surface area is 213 Å². The number of hydrogen-bond donors (Lipinski definition) is 1. The Morgan fingerprint density at radius 3 is 2.11 bits per heavy atom. The second-order valence-electron chi connectivity index (χ2n) is 9.41. The number of benzene rings is 2. The third-order valence-corrected chi connectivity index (χ3v) is 7.46. The Bertz CT molecular complexity index is 993. The molecule has 0 amide bonds. The normalized spacial score (nSPS) is 14.6. The molecule has 0 saturated heterocycles. The van der Waals surface area contributed by atoms with E-state index in [0.29, 0.717) is 12.6 Å². The molecule has 0 unspecified atom stereocenters. The number of hydrogen-bond acceptors (Lipinski definition) is 4. The second kappa shape index (κ2) is 16.5. The lowest BCUT2D eigenvalue weighted by molar-refractivity contribution is 0.463. The van der Waals surface area contributed by atoms with Crippen molar-refractivity contribution in [3.63, 3.8) is 0 Å². The first-order valence-corrected chi connectivity index (χ1v) is 14.7. The Hall–Kier alpha value is -2.13. The molecule has 1 aliphatic carbocycles. The van der Waals surface area contributed by atoms with Crippen LogP contribution in [0, 0.1) is 12.3 Å². The fourth-order valence-electron chi connectivity index (χ4n) is 4.59. The summed E-state index contributed by atoms with van der Waals surface area (Å²) in [5.41, 5.74) is 4.00. The third-order valence-electron chi connectivity index (χ3n) is 6.61. The first-order chi connectivity index (χ1) is 17.0. The highest BCUT2D eigenvalue weighted by Crippen LogP contribution is 2.30. The predicted molar refractivity (Wildman–Crippen MR) is 144 cm³/mol. The van der Waals surface area contributed by atoms with Gasteiger partial charge in [0, 0.05) is 6.04 Å². The van der Waals surface area contributed by atoms with Gasteiger partial charge in [-0.1, -0.05) is 107 Å². The van der Waals surface area contributed by atoms with Crippen LogP contribution in [0.3, 0.4) is 0 Å². The largest absolute Gasteiger partial charge is 0.744 e. The summed E-state index contributed by atoms with van der Waals surface area (Å²) in [5.74, 6) is 2.61. The van der Waals surface area contributed by atoms with E-state index in [2.05, 4.69) is 42.4 Å². The van der Waals surface area contributed by atoms with E-state index >= 15 is 0 Å². The van der Waals surface area contributed by atoms with Crippen molar-refractivity contribution >= 4 is 10.1 Å². The third kappa shape index (κ3) is 11.4. The molecule has 0 heterocycles. The number of nitrogens with one attached hydrogen (secondary N) is 1. The highest BCUT2D eigenvalue weighted by molar-refractivity contribution is 7.85. The lowest BCUT2D eigenvalue weighted by Gasteiger charge is -2.10. The van der Waals surface area contributed by atoms with Gasteiger partial charge in [0.1, 0.15) is 10.1 Å². The highest BCUT2D eigenvalue weighted by atomic mass is 32.2. The molecule has 3 rings (SSSR count). The SMILES string of the molecule is C#CCN[C@@H]1CCc2ccccc21.CCCCCCCCCCCCc1ccc(S(=O)(=O)[O-])cc1. The zero-order valence-corrected chi connectivity index (χ0v) is 22.1. The van der Waals surface area contributed by atoms with Crippen LogP contribution in [0.15, 0.2) is 53.4 Å². The predicted octanol–water partition coefficient (Wildman–Crippen LogP) is 6.95. The minimum Gasteiger partial charge on any atom is -0.744 e. The molecule has 2 aromatic rings. The van der Waals surface area contributed by atoms with E-state index in [1.165, 1.54) is 93.9 Å². The van der Waals surface area contributed by atoms with Gasteiger partial charge >= 0.3 is 0 Å². The Morgan fingerprint density at radius 2 is 1.51 bits per heavy atom. The van der Waals surface area contributed by atoms with E-state index in [1.54, 1.807) is 12.1 Å². The molecule has 0 spiro atoms. The molecule has 192 valence electrons. The number of aryl methyl sites for hydroxylation is 2. The fraction of sp³-hybridized carbons (Fsp3) is 0.533. The zero-order chi connectivity index (χ0) is 25.4. The number of terminal acetylenes is 1. The summed E-state index contributed by atoms with van der Waals surface area (Å²) in [6.07, 6.45) is 21.6. The van der Waals surface area contributed by atoms with Gasteiger partial charge in [0.25, 0.3) is 0 Å². The molecule has 0 fully saturated rings. The van der Waals surface area contributed by atoms with Gasteiger partial charge in [0.2, 0.25) is 0 Å². The summed E-state index contributed by atoms with van der Waals surface area (Å²) in [6.45, 7) is 2.91. The Kier molecular flexibility index (Phi) is 13.7. The fourth-order valence-corrected chi connectivity index (χ4v) is 5.06. The minimum atomic E-state index is -4.31. The van der Waals surface area contributed by atoms with Crippen molar-refractivity contribution in [1.29, 1.82) is 0 Å². The van der Waals surface area contributed by atoms with Gasteiger partial charge in [0.05, 0.1) is 11.4 Å². The Balaban J connectivity index is 0.000000279. The highest BCUT2D eigenvalue weighted by Gasteiger charge is 2.20. The average molecular weight is 497 g/mol. The van der Waals surface area contributed by atoms with Crippen molar-refractivity contribution < 1.29 is 13.0 Å². The molecule has 0 bridgehead atoms. The maximum Gasteiger partial charge on any atom is 0.124 e. The van der Waals surface area contributed by atoms with Crippen LogP contribution in [0.2, 0.25) is 0 Å².